The van der Waals surface area contributed by atoms with Crippen LogP contribution in [0.3, 0.4) is 0 Å². The van der Waals surface area contributed by atoms with E-state index in [2.05, 4.69) is 10.3 Å². The van der Waals surface area contributed by atoms with E-state index in [-0.39, 0.29) is 17.7 Å². The molecule has 4 atom stereocenters. The number of nitrogens with one attached hydrogen (secondary N) is 1. The van der Waals surface area contributed by atoms with Crippen molar-refractivity contribution in [2.24, 2.45) is 17.8 Å². The minimum atomic E-state index is -4.40. The van der Waals surface area contributed by atoms with Crippen LogP contribution in [0.1, 0.15) is 38.2 Å². The molecule has 2 aliphatic rings. The van der Waals surface area contributed by atoms with Gasteiger partial charge in [-0.25, -0.2) is 4.98 Å². The van der Waals surface area contributed by atoms with Gasteiger partial charge >= 0.3 is 6.18 Å². The number of nitrogen functional groups attached to an aromatic ring is 1. The maximum absolute atomic E-state index is 12.8. The number of fused-ring (bicyclic) bond motifs is 2. The van der Waals surface area contributed by atoms with E-state index < -0.39 is 11.7 Å². The number of aromatic nitrogens is 1. The third-order valence-corrected chi connectivity index (χ3v) is 4.98. The minimum absolute atomic E-state index is 0.104. The van der Waals surface area contributed by atoms with E-state index in [9.17, 15) is 13.2 Å². The van der Waals surface area contributed by atoms with E-state index in [0.29, 0.717) is 11.8 Å². The maximum atomic E-state index is 12.8. The highest BCUT2D eigenvalue weighted by Gasteiger charge is 2.42. The summed E-state index contributed by atoms with van der Waals surface area (Å²) in [4.78, 5) is 3.99. The Bertz CT molecular complexity index is 529. The Hall–Kier alpha value is -1.46. The molecule has 4 unspecified atom stereocenters. The smallest absolute Gasteiger partial charge is 0.384 e. The maximum Gasteiger partial charge on any atom is 0.416 e. The Morgan fingerprint density at radius 3 is 2.62 bits per heavy atom. The van der Waals surface area contributed by atoms with Crippen LogP contribution in [0.5, 0.6) is 0 Å². The fourth-order valence-corrected chi connectivity index (χ4v) is 4.04. The van der Waals surface area contributed by atoms with Crippen molar-refractivity contribution >= 4 is 11.6 Å². The summed E-state index contributed by atoms with van der Waals surface area (Å²) in [5.41, 5.74) is 4.74. The number of hydrogen-bond donors (Lipinski definition) is 2. The van der Waals surface area contributed by atoms with Crippen LogP contribution in [0.2, 0.25) is 0 Å². The fraction of sp³-hybridized carbons (Fsp3) is 0.667. The van der Waals surface area contributed by atoms with Gasteiger partial charge in [-0.3, -0.25) is 0 Å². The van der Waals surface area contributed by atoms with Gasteiger partial charge in [-0.1, -0.05) is 6.42 Å². The highest BCUT2D eigenvalue weighted by atomic mass is 19.4. The molecular weight excluding hydrogens is 279 g/mol. The molecule has 3 N–H and O–H groups in total. The molecule has 2 fully saturated rings. The molecule has 0 radical (unpaired) electrons. The van der Waals surface area contributed by atoms with Crippen molar-refractivity contribution in [3.05, 3.63) is 17.7 Å². The van der Waals surface area contributed by atoms with Crippen LogP contribution >= 0.6 is 0 Å². The lowest BCUT2D eigenvalue weighted by molar-refractivity contribution is -0.137. The Morgan fingerprint density at radius 2 is 2.05 bits per heavy atom. The van der Waals surface area contributed by atoms with Crippen LogP contribution < -0.4 is 11.1 Å². The van der Waals surface area contributed by atoms with Crippen LogP contribution in [0.4, 0.5) is 24.8 Å². The molecule has 116 valence electrons. The molecule has 0 saturated heterocycles. The molecule has 2 saturated carbocycles. The van der Waals surface area contributed by atoms with Gasteiger partial charge in [0.2, 0.25) is 0 Å². The first kappa shape index (κ1) is 14.5. The van der Waals surface area contributed by atoms with Gasteiger partial charge in [0, 0.05) is 6.04 Å². The van der Waals surface area contributed by atoms with Crippen molar-refractivity contribution in [2.45, 2.75) is 44.8 Å². The van der Waals surface area contributed by atoms with E-state index in [1.165, 1.54) is 25.7 Å². The second-order valence-electron chi connectivity index (χ2n) is 6.44. The van der Waals surface area contributed by atoms with Crippen molar-refractivity contribution < 1.29 is 13.2 Å². The molecule has 0 spiro atoms. The highest BCUT2D eigenvalue weighted by molar-refractivity contribution is 5.48. The van der Waals surface area contributed by atoms with Gasteiger partial charge in [0.15, 0.2) is 0 Å². The Morgan fingerprint density at radius 1 is 1.29 bits per heavy atom. The van der Waals surface area contributed by atoms with E-state index in [1.54, 1.807) is 0 Å². The number of pyridine rings is 1. The van der Waals surface area contributed by atoms with E-state index >= 15 is 0 Å². The molecule has 1 aromatic rings. The lowest BCUT2D eigenvalue weighted by Gasteiger charge is -2.29. The SMILES string of the molecule is CC(Nc1cc(C(F)(F)F)cc(N)n1)C1CC2CCC1C2. The summed E-state index contributed by atoms with van der Waals surface area (Å²) in [6.07, 6.45) is 0.605. The Balaban J connectivity index is 1.74. The molecular formula is C15H20F3N3. The Labute approximate surface area is 122 Å². The second kappa shape index (κ2) is 5.07. The van der Waals surface area contributed by atoms with Gasteiger partial charge in [0.25, 0.3) is 0 Å². The summed E-state index contributed by atoms with van der Waals surface area (Å²) in [5, 5.41) is 3.13. The van der Waals surface area contributed by atoms with Gasteiger partial charge < -0.3 is 11.1 Å². The van der Waals surface area contributed by atoms with Gasteiger partial charge in [-0.05, 0) is 56.1 Å². The molecule has 0 aromatic carbocycles. The number of rotatable bonds is 3. The summed E-state index contributed by atoms with van der Waals surface area (Å²) < 4.78 is 38.4. The zero-order chi connectivity index (χ0) is 15.2. The van der Waals surface area contributed by atoms with E-state index in [4.69, 9.17) is 5.73 Å². The first-order valence-corrected chi connectivity index (χ1v) is 7.44. The number of nitrogens with zero attached hydrogens (tertiary/aromatic N) is 1. The number of alkyl halides is 3. The zero-order valence-electron chi connectivity index (χ0n) is 12.0. The molecule has 0 aliphatic heterocycles. The average molecular weight is 299 g/mol. The third-order valence-electron chi connectivity index (χ3n) is 4.98. The lowest BCUT2D eigenvalue weighted by Crippen LogP contribution is -2.30. The Kier molecular flexibility index (Phi) is 3.50. The summed E-state index contributed by atoms with van der Waals surface area (Å²) in [5.74, 6) is 2.16. The summed E-state index contributed by atoms with van der Waals surface area (Å²) in [7, 11) is 0. The van der Waals surface area contributed by atoms with Crippen molar-refractivity contribution in [3.63, 3.8) is 0 Å². The minimum Gasteiger partial charge on any atom is -0.384 e. The number of nitrogens with two attached hydrogens (primary N) is 1. The van der Waals surface area contributed by atoms with Gasteiger partial charge in [-0.15, -0.1) is 0 Å². The van der Waals surface area contributed by atoms with Crippen molar-refractivity contribution in [3.8, 4) is 0 Å². The predicted octanol–water partition coefficient (Wildman–Crippen LogP) is 3.92. The largest absolute Gasteiger partial charge is 0.416 e. The van der Waals surface area contributed by atoms with Crippen LogP contribution in [0.25, 0.3) is 0 Å². The highest BCUT2D eigenvalue weighted by Crippen LogP contribution is 2.49. The molecule has 1 heterocycles. The molecule has 21 heavy (non-hydrogen) atoms. The van der Waals surface area contributed by atoms with Gasteiger partial charge in [-0.2, -0.15) is 13.2 Å². The first-order chi connectivity index (χ1) is 9.83. The zero-order valence-corrected chi connectivity index (χ0v) is 12.0. The molecule has 1 aromatic heterocycles. The van der Waals surface area contributed by atoms with E-state index in [1.807, 2.05) is 6.92 Å². The van der Waals surface area contributed by atoms with Crippen molar-refractivity contribution in [1.29, 1.82) is 0 Å². The first-order valence-electron chi connectivity index (χ1n) is 7.44. The number of anilines is 2. The standard InChI is InChI=1S/C15H20F3N3/c1-8(12-5-9-2-3-10(12)4-9)20-14-7-11(15(16,17)18)6-13(19)21-14/h6-10,12H,2-5H2,1H3,(H3,19,20,21). The average Bonchev–Trinajstić information content (AvgIpc) is 2.99. The second-order valence-corrected chi connectivity index (χ2v) is 6.44. The number of hydrogen-bond acceptors (Lipinski definition) is 3. The normalized spacial score (nSPS) is 29.6. The summed E-state index contributed by atoms with van der Waals surface area (Å²) in [6.45, 7) is 2.03. The van der Waals surface area contributed by atoms with Crippen LogP contribution in [-0.4, -0.2) is 11.0 Å². The predicted molar refractivity (Wildman–Crippen MR) is 75.7 cm³/mol. The lowest BCUT2D eigenvalue weighted by atomic mass is 9.84. The molecule has 3 nitrogen and oxygen atoms in total. The van der Waals surface area contributed by atoms with Crippen LogP contribution in [0, 0.1) is 17.8 Å². The molecule has 2 aliphatic carbocycles. The van der Waals surface area contributed by atoms with Crippen molar-refractivity contribution in [2.75, 3.05) is 11.1 Å². The molecule has 3 rings (SSSR count). The quantitative estimate of drug-likeness (QED) is 0.889. The molecule has 6 heteroatoms. The summed E-state index contributed by atoms with van der Waals surface area (Å²) in [6, 6.07) is 2.03. The van der Waals surface area contributed by atoms with Gasteiger partial charge in [0.1, 0.15) is 11.6 Å². The molecule has 2 bridgehead atoms. The summed E-state index contributed by atoms with van der Waals surface area (Å²) >= 11 is 0. The van der Waals surface area contributed by atoms with E-state index in [0.717, 1.165) is 18.1 Å². The third kappa shape index (κ3) is 2.94. The van der Waals surface area contributed by atoms with Gasteiger partial charge in [0.05, 0.1) is 5.56 Å². The van der Waals surface area contributed by atoms with Crippen LogP contribution in [0.15, 0.2) is 12.1 Å². The van der Waals surface area contributed by atoms with Crippen molar-refractivity contribution in [1.82, 2.24) is 4.98 Å². The number of halogens is 3. The fourth-order valence-electron chi connectivity index (χ4n) is 4.04. The molecule has 0 amide bonds. The monoisotopic (exact) mass is 299 g/mol. The topological polar surface area (TPSA) is 50.9 Å². The van der Waals surface area contributed by atoms with Crippen LogP contribution in [-0.2, 0) is 6.18 Å².